The predicted molar refractivity (Wildman–Crippen MR) is 64.7 cm³/mol. The molecule has 1 radical (unpaired) electrons. The van der Waals surface area contributed by atoms with E-state index < -0.39 is 0 Å². The summed E-state index contributed by atoms with van der Waals surface area (Å²) in [5.74, 6) is 0. The van der Waals surface area contributed by atoms with E-state index in [9.17, 15) is 0 Å². The van der Waals surface area contributed by atoms with E-state index >= 15 is 0 Å². The zero-order valence-electron chi connectivity index (χ0n) is 7.63. The van der Waals surface area contributed by atoms with E-state index in [2.05, 4.69) is 57.0 Å². The van der Waals surface area contributed by atoms with Crippen LogP contribution in [0.15, 0.2) is 24.3 Å². The highest BCUT2D eigenvalue weighted by atomic mass is 79.9. The summed E-state index contributed by atoms with van der Waals surface area (Å²) in [6.07, 6.45) is 2.29. The molecule has 0 amide bonds. The van der Waals surface area contributed by atoms with E-state index in [0.717, 1.165) is 12.8 Å². The Kier molecular flexibility index (Phi) is 5.04. The van der Waals surface area contributed by atoms with Crippen molar-refractivity contribution in [2.75, 3.05) is 0 Å². The minimum atomic E-state index is 0.530. The average molecular weight is 305 g/mol. The summed E-state index contributed by atoms with van der Waals surface area (Å²) in [7, 11) is 0. The Bertz CT molecular complexity index is 231. The lowest BCUT2D eigenvalue weighted by Crippen LogP contribution is -2.10. The second-order valence-corrected chi connectivity index (χ2v) is 5.76. The van der Waals surface area contributed by atoms with Crippen LogP contribution < -0.4 is 0 Å². The molecule has 0 N–H and O–H groups in total. The normalized spacial score (nSPS) is 15.3. The molecule has 0 spiro atoms. The minimum absolute atomic E-state index is 0.530. The lowest BCUT2D eigenvalue weighted by Gasteiger charge is -2.11. The van der Waals surface area contributed by atoms with E-state index in [0.29, 0.717) is 9.65 Å². The van der Waals surface area contributed by atoms with Gasteiger partial charge in [-0.15, -0.1) is 0 Å². The summed E-state index contributed by atoms with van der Waals surface area (Å²) in [5.41, 5.74) is 1.39. The molecule has 71 valence electrons. The maximum atomic E-state index is 3.64. The Hall–Kier alpha value is 0.180. The molecule has 0 nitrogen and oxygen atoms in total. The maximum absolute atomic E-state index is 3.64. The largest absolute Gasteiger partial charge is 0.0882 e. The molecule has 1 rings (SSSR count). The first-order chi connectivity index (χ1) is 6.20. The molecule has 0 saturated carbocycles. The van der Waals surface area contributed by atoms with Gasteiger partial charge in [0.15, 0.2) is 0 Å². The van der Waals surface area contributed by atoms with Crippen molar-refractivity contribution in [3.05, 3.63) is 35.9 Å². The molecule has 0 aliphatic rings. The minimum Gasteiger partial charge on any atom is -0.0882 e. The molecule has 2 unspecified atom stereocenters. The van der Waals surface area contributed by atoms with Crippen LogP contribution >= 0.6 is 31.9 Å². The van der Waals surface area contributed by atoms with Gasteiger partial charge in [-0.25, -0.2) is 0 Å². The summed E-state index contributed by atoms with van der Waals surface area (Å²) in [6.45, 7) is 2.16. The Morgan fingerprint density at radius 3 is 2.46 bits per heavy atom. The molecule has 13 heavy (non-hydrogen) atoms. The molecule has 2 atom stereocenters. The smallest absolute Gasteiger partial charge is 0.0271 e. The number of hydrogen-bond acceptors (Lipinski definition) is 0. The Balaban J connectivity index is 2.35. The number of benzene rings is 1. The van der Waals surface area contributed by atoms with E-state index in [1.54, 1.807) is 0 Å². The Morgan fingerprint density at radius 1 is 1.31 bits per heavy atom. The number of alkyl halides is 2. The van der Waals surface area contributed by atoms with Gasteiger partial charge in [0.1, 0.15) is 0 Å². The Labute approximate surface area is 97.0 Å². The van der Waals surface area contributed by atoms with E-state index in [1.165, 1.54) is 5.56 Å². The molecule has 0 aromatic heterocycles. The maximum Gasteiger partial charge on any atom is 0.0271 e. The van der Waals surface area contributed by atoms with Crippen molar-refractivity contribution in [2.24, 2.45) is 0 Å². The first-order valence-corrected chi connectivity index (χ1v) is 6.26. The zero-order chi connectivity index (χ0) is 9.68. The van der Waals surface area contributed by atoms with Gasteiger partial charge < -0.3 is 0 Å². The first-order valence-electron chi connectivity index (χ1n) is 4.43. The summed E-state index contributed by atoms with van der Waals surface area (Å²) >= 11 is 7.21. The van der Waals surface area contributed by atoms with E-state index in [1.807, 2.05) is 12.1 Å². The van der Waals surface area contributed by atoms with E-state index in [-0.39, 0.29) is 0 Å². The van der Waals surface area contributed by atoms with Crippen LogP contribution in [-0.4, -0.2) is 9.65 Å². The van der Waals surface area contributed by atoms with Crippen LogP contribution in [0, 0.1) is 6.07 Å². The molecule has 1 aromatic rings. The second kappa shape index (κ2) is 5.82. The predicted octanol–water partition coefficient (Wildman–Crippen LogP) is 3.97. The van der Waals surface area contributed by atoms with Gasteiger partial charge in [0.25, 0.3) is 0 Å². The van der Waals surface area contributed by atoms with Crippen LogP contribution in [-0.2, 0) is 6.42 Å². The van der Waals surface area contributed by atoms with Gasteiger partial charge in [-0.3, -0.25) is 0 Å². The van der Waals surface area contributed by atoms with Gasteiger partial charge >= 0.3 is 0 Å². The van der Waals surface area contributed by atoms with Gasteiger partial charge in [-0.1, -0.05) is 63.0 Å². The highest BCUT2D eigenvalue weighted by molar-refractivity contribution is 9.12. The highest BCUT2D eigenvalue weighted by Crippen LogP contribution is 2.19. The number of hydrogen-bond donors (Lipinski definition) is 0. The molecule has 0 bridgehead atoms. The number of aryl methyl sites for hydroxylation is 1. The van der Waals surface area contributed by atoms with Crippen molar-refractivity contribution in [2.45, 2.75) is 29.4 Å². The van der Waals surface area contributed by atoms with E-state index in [4.69, 9.17) is 0 Å². The van der Waals surface area contributed by atoms with Crippen molar-refractivity contribution < 1.29 is 0 Å². The first kappa shape index (κ1) is 11.3. The molecule has 0 saturated heterocycles. The third kappa shape index (κ3) is 4.28. The lowest BCUT2D eigenvalue weighted by atomic mass is 10.1. The van der Waals surface area contributed by atoms with Crippen LogP contribution in [0.1, 0.15) is 18.9 Å². The van der Waals surface area contributed by atoms with Crippen LogP contribution in [0.5, 0.6) is 0 Å². The van der Waals surface area contributed by atoms with Crippen LogP contribution in [0.4, 0.5) is 0 Å². The number of rotatable bonds is 4. The van der Waals surface area contributed by atoms with Crippen LogP contribution in [0.2, 0.25) is 0 Å². The fourth-order valence-electron chi connectivity index (χ4n) is 1.12. The van der Waals surface area contributed by atoms with Crippen LogP contribution in [0.3, 0.4) is 0 Å². The fourth-order valence-corrected chi connectivity index (χ4v) is 1.62. The third-order valence-corrected chi connectivity index (χ3v) is 4.59. The summed E-state index contributed by atoms with van der Waals surface area (Å²) in [4.78, 5) is 1.08. The summed E-state index contributed by atoms with van der Waals surface area (Å²) < 4.78 is 0. The molecule has 1 aromatic carbocycles. The highest BCUT2D eigenvalue weighted by Gasteiger charge is 2.09. The second-order valence-electron chi connectivity index (χ2n) is 3.14. The van der Waals surface area contributed by atoms with Gasteiger partial charge in [-0.05, 0) is 24.5 Å². The third-order valence-electron chi connectivity index (χ3n) is 1.99. The van der Waals surface area contributed by atoms with Crippen molar-refractivity contribution in [1.29, 1.82) is 0 Å². The molecule has 0 aliphatic heterocycles. The summed E-state index contributed by atoms with van der Waals surface area (Å²) in [6, 6.07) is 11.2. The topological polar surface area (TPSA) is 0 Å². The quantitative estimate of drug-likeness (QED) is 0.739. The molecule has 0 aliphatic carbocycles. The van der Waals surface area contributed by atoms with Gasteiger partial charge in [0.05, 0.1) is 0 Å². The molecule has 0 heterocycles. The molecular weight excluding hydrogens is 292 g/mol. The average Bonchev–Trinajstić information content (AvgIpc) is 2.15. The summed E-state index contributed by atoms with van der Waals surface area (Å²) in [5, 5.41) is 0. The van der Waals surface area contributed by atoms with Crippen molar-refractivity contribution in [1.82, 2.24) is 0 Å². The molecular formula is C11H13Br2. The van der Waals surface area contributed by atoms with Crippen molar-refractivity contribution in [3.63, 3.8) is 0 Å². The zero-order valence-corrected chi connectivity index (χ0v) is 10.8. The van der Waals surface area contributed by atoms with Gasteiger partial charge in [0, 0.05) is 9.65 Å². The SMILES string of the molecule is CC(Br)C(Br)CCc1cc[c]cc1. The van der Waals surface area contributed by atoms with Crippen molar-refractivity contribution >= 4 is 31.9 Å². The molecule has 0 fully saturated rings. The van der Waals surface area contributed by atoms with Crippen molar-refractivity contribution in [3.8, 4) is 0 Å². The van der Waals surface area contributed by atoms with Crippen LogP contribution in [0.25, 0.3) is 0 Å². The standard InChI is InChI=1S/C11H13Br2/c1-9(12)11(13)8-7-10-5-3-2-4-6-10/h3-6,9,11H,7-8H2,1H3. The molecule has 2 heteroatoms. The Morgan fingerprint density at radius 2 is 1.92 bits per heavy atom. The monoisotopic (exact) mass is 303 g/mol. The van der Waals surface area contributed by atoms with Gasteiger partial charge in [0.2, 0.25) is 0 Å². The number of halogens is 2. The van der Waals surface area contributed by atoms with Gasteiger partial charge in [-0.2, -0.15) is 0 Å². The fraction of sp³-hybridized carbons (Fsp3) is 0.455. The lowest BCUT2D eigenvalue weighted by molar-refractivity contribution is 0.765.